The first-order valence-corrected chi connectivity index (χ1v) is 6.45. The van der Waals surface area contributed by atoms with Crippen molar-refractivity contribution in [2.24, 2.45) is 0 Å². The summed E-state index contributed by atoms with van der Waals surface area (Å²) in [5, 5.41) is 13.1. The number of rotatable bonds is 3. The van der Waals surface area contributed by atoms with Crippen LogP contribution in [0.5, 0.6) is 5.75 Å². The number of carbonyl (C=O) groups is 1. The maximum absolute atomic E-state index is 12.2. The van der Waals surface area contributed by atoms with Crippen LogP contribution in [0.4, 0.5) is 0 Å². The maximum Gasteiger partial charge on any atom is 0.257 e. The Hall–Kier alpha value is -1.55. The molecule has 2 rings (SSSR count). The minimum atomic E-state index is -0.125. The number of phenolic OH excluding ortho intramolecular Hbond substituents is 1. The van der Waals surface area contributed by atoms with E-state index in [-0.39, 0.29) is 11.7 Å². The number of hydrogen-bond donors (Lipinski definition) is 2. The summed E-state index contributed by atoms with van der Waals surface area (Å²) in [5.74, 6) is -0.0774. The van der Waals surface area contributed by atoms with Gasteiger partial charge in [0.05, 0.1) is 5.56 Å². The number of hydrogen-bond acceptors (Lipinski definition) is 3. The van der Waals surface area contributed by atoms with Gasteiger partial charge in [-0.3, -0.25) is 4.79 Å². The zero-order valence-electron chi connectivity index (χ0n) is 10.7. The average Bonchev–Trinajstić information content (AvgIpc) is 2.39. The van der Waals surface area contributed by atoms with Gasteiger partial charge >= 0.3 is 0 Å². The molecule has 1 saturated heterocycles. The lowest BCUT2D eigenvalue weighted by Gasteiger charge is -2.28. The van der Waals surface area contributed by atoms with E-state index in [2.05, 4.69) is 5.32 Å². The highest BCUT2D eigenvalue weighted by molar-refractivity contribution is 5.96. The van der Waals surface area contributed by atoms with Crippen molar-refractivity contribution in [3.63, 3.8) is 0 Å². The van der Waals surface area contributed by atoms with Gasteiger partial charge in [0.1, 0.15) is 5.75 Å². The molecule has 0 bridgehead atoms. The van der Waals surface area contributed by atoms with E-state index in [1.807, 2.05) is 0 Å². The van der Waals surface area contributed by atoms with Crippen molar-refractivity contribution < 1.29 is 9.90 Å². The summed E-state index contributed by atoms with van der Waals surface area (Å²) in [6.45, 7) is 1.72. The molecule has 18 heavy (non-hydrogen) atoms. The fourth-order valence-electron chi connectivity index (χ4n) is 2.35. The minimum absolute atomic E-state index is 0.0472. The average molecular weight is 248 g/mol. The molecule has 1 aliphatic heterocycles. The van der Waals surface area contributed by atoms with Gasteiger partial charge in [0.2, 0.25) is 0 Å². The van der Waals surface area contributed by atoms with Gasteiger partial charge in [-0.15, -0.1) is 0 Å². The molecule has 1 amide bonds. The lowest BCUT2D eigenvalue weighted by atomic mass is 10.0. The van der Waals surface area contributed by atoms with Gasteiger partial charge in [0.15, 0.2) is 0 Å². The number of phenols is 1. The summed E-state index contributed by atoms with van der Waals surface area (Å²) in [6, 6.07) is 7.05. The van der Waals surface area contributed by atoms with Crippen molar-refractivity contribution in [2.75, 3.05) is 20.1 Å². The van der Waals surface area contributed by atoms with Gasteiger partial charge in [-0.2, -0.15) is 0 Å². The highest BCUT2D eigenvalue weighted by Crippen LogP contribution is 2.18. The second-order valence-electron chi connectivity index (χ2n) is 4.85. The monoisotopic (exact) mass is 248 g/mol. The van der Waals surface area contributed by atoms with Crippen molar-refractivity contribution in [2.45, 2.75) is 25.3 Å². The van der Waals surface area contributed by atoms with E-state index in [0.29, 0.717) is 18.2 Å². The molecule has 4 nitrogen and oxygen atoms in total. The molecule has 1 atom stereocenters. The molecular weight excluding hydrogens is 228 g/mol. The van der Waals surface area contributed by atoms with Crippen LogP contribution < -0.4 is 5.32 Å². The summed E-state index contributed by atoms with van der Waals surface area (Å²) in [5.41, 5.74) is 0.371. The molecule has 1 heterocycles. The first-order chi connectivity index (χ1) is 8.68. The standard InChI is InChI=1S/C14H20N2O2/c1-16(10-11-6-4-5-9-15-11)14(18)12-7-2-3-8-13(12)17/h2-3,7-8,11,15,17H,4-6,9-10H2,1H3. The largest absolute Gasteiger partial charge is 0.507 e. The number of nitrogens with one attached hydrogen (secondary N) is 1. The number of likely N-dealkylation sites (N-methyl/N-ethyl adjacent to an activating group) is 1. The van der Waals surface area contributed by atoms with E-state index in [0.717, 1.165) is 13.0 Å². The molecule has 0 aliphatic carbocycles. The van der Waals surface area contributed by atoms with Crippen molar-refractivity contribution in [3.05, 3.63) is 29.8 Å². The Labute approximate surface area is 108 Å². The molecule has 0 saturated carbocycles. The van der Waals surface area contributed by atoms with Gasteiger partial charge in [0, 0.05) is 19.6 Å². The highest BCUT2D eigenvalue weighted by atomic mass is 16.3. The predicted octanol–water partition coefficient (Wildman–Crippen LogP) is 1.61. The van der Waals surface area contributed by atoms with Crippen LogP contribution in [0.25, 0.3) is 0 Å². The van der Waals surface area contributed by atoms with Gasteiger partial charge < -0.3 is 15.3 Å². The summed E-state index contributed by atoms with van der Waals surface area (Å²) in [4.78, 5) is 13.9. The summed E-state index contributed by atoms with van der Waals surface area (Å²) < 4.78 is 0. The molecule has 4 heteroatoms. The summed E-state index contributed by atoms with van der Waals surface area (Å²) in [7, 11) is 1.78. The minimum Gasteiger partial charge on any atom is -0.507 e. The molecule has 1 fully saturated rings. The van der Waals surface area contributed by atoms with Crippen LogP contribution in [0, 0.1) is 0 Å². The molecule has 0 aromatic heterocycles. The lowest BCUT2D eigenvalue weighted by molar-refractivity contribution is 0.0772. The van der Waals surface area contributed by atoms with Crippen LogP contribution in [-0.2, 0) is 0 Å². The predicted molar refractivity (Wildman–Crippen MR) is 70.7 cm³/mol. The van der Waals surface area contributed by atoms with E-state index in [1.54, 1.807) is 36.2 Å². The number of carbonyl (C=O) groups excluding carboxylic acids is 1. The van der Waals surface area contributed by atoms with Gasteiger partial charge in [-0.25, -0.2) is 0 Å². The van der Waals surface area contributed by atoms with Crippen LogP contribution >= 0.6 is 0 Å². The third-order valence-electron chi connectivity index (χ3n) is 3.39. The van der Waals surface area contributed by atoms with Gasteiger partial charge in [-0.1, -0.05) is 18.6 Å². The molecule has 1 aromatic carbocycles. The molecular formula is C14H20N2O2. The van der Waals surface area contributed by atoms with Gasteiger partial charge in [-0.05, 0) is 31.5 Å². The van der Waals surface area contributed by atoms with Crippen molar-refractivity contribution in [3.8, 4) is 5.75 Å². The Morgan fingerprint density at radius 1 is 1.44 bits per heavy atom. The smallest absolute Gasteiger partial charge is 0.257 e. The Bertz CT molecular complexity index is 414. The normalized spacial score (nSPS) is 19.5. The van der Waals surface area contributed by atoms with Crippen LogP contribution in [-0.4, -0.2) is 42.1 Å². The topological polar surface area (TPSA) is 52.6 Å². The molecule has 1 unspecified atom stereocenters. The Kier molecular flexibility index (Phi) is 4.20. The SMILES string of the molecule is CN(CC1CCCCN1)C(=O)c1ccccc1O. The Balaban J connectivity index is 1.98. The third-order valence-corrected chi connectivity index (χ3v) is 3.39. The third kappa shape index (κ3) is 3.01. The molecule has 0 radical (unpaired) electrons. The first-order valence-electron chi connectivity index (χ1n) is 6.45. The van der Waals surface area contributed by atoms with E-state index in [9.17, 15) is 9.90 Å². The van der Waals surface area contributed by atoms with Crippen LogP contribution in [0.2, 0.25) is 0 Å². The molecule has 1 aliphatic rings. The van der Waals surface area contributed by atoms with E-state index < -0.39 is 0 Å². The molecule has 1 aromatic rings. The number of nitrogens with zero attached hydrogens (tertiary/aromatic N) is 1. The van der Waals surface area contributed by atoms with Crippen LogP contribution in [0.3, 0.4) is 0 Å². The van der Waals surface area contributed by atoms with E-state index in [4.69, 9.17) is 0 Å². The maximum atomic E-state index is 12.2. The number of amides is 1. The lowest BCUT2D eigenvalue weighted by Crippen LogP contribution is -2.44. The Morgan fingerprint density at radius 2 is 2.22 bits per heavy atom. The van der Waals surface area contributed by atoms with Gasteiger partial charge in [0.25, 0.3) is 5.91 Å². The zero-order chi connectivity index (χ0) is 13.0. The van der Waals surface area contributed by atoms with E-state index in [1.165, 1.54) is 12.8 Å². The molecule has 0 spiro atoms. The number of benzene rings is 1. The fourth-order valence-corrected chi connectivity index (χ4v) is 2.35. The van der Waals surface area contributed by atoms with Crippen LogP contribution in [0.15, 0.2) is 24.3 Å². The van der Waals surface area contributed by atoms with Crippen molar-refractivity contribution in [1.82, 2.24) is 10.2 Å². The number of piperidine rings is 1. The van der Waals surface area contributed by atoms with Crippen LogP contribution in [0.1, 0.15) is 29.6 Å². The fraction of sp³-hybridized carbons (Fsp3) is 0.500. The van der Waals surface area contributed by atoms with Crippen molar-refractivity contribution >= 4 is 5.91 Å². The van der Waals surface area contributed by atoms with E-state index >= 15 is 0 Å². The molecule has 2 N–H and O–H groups in total. The second-order valence-corrected chi connectivity index (χ2v) is 4.85. The second kappa shape index (κ2) is 5.87. The number of aromatic hydroxyl groups is 1. The number of para-hydroxylation sites is 1. The molecule has 98 valence electrons. The van der Waals surface area contributed by atoms with Crippen molar-refractivity contribution in [1.29, 1.82) is 0 Å². The zero-order valence-corrected chi connectivity index (χ0v) is 10.7. The first kappa shape index (κ1) is 12.9. The highest BCUT2D eigenvalue weighted by Gasteiger charge is 2.20. The quantitative estimate of drug-likeness (QED) is 0.854. The Morgan fingerprint density at radius 3 is 2.89 bits per heavy atom. The summed E-state index contributed by atoms with van der Waals surface area (Å²) in [6.07, 6.45) is 3.54. The summed E-state index contributed by atoms with van der Waals surface area (Å²) >= 11 is 0.